The van der Waals surface area contributed by atoms with Crippen LogP contribution in [0.1, 0.15) is 54.0 Å². The molecule has 0 radical (unpaired) electrons. The molecule has 0 saturated heterocycles. The van der Waals surface area contributed by atoms with Crippen LogP contribution in [0.3, 0.4) is 0 Å². The fraction of sp³-hybridized carbons (Fsp3) is 0.100. The van der Waals surface area contributed by atoms with E-state index in [0.29, 0.717) is 0 Å². The maximum Gasteiger partial charge on any atom is 0.0689 e. The van der Waals surface area contributed by atoms with Crippen LogP contribution in [-0.2, 0) is 5.41 Å². The van der Waals surface area contributed by atoms with Crippen molar-refractivity contribution in [1.29, 1.82) is 0 Å². The van der Waals surface area contributed by atoms with Gasteiger partial charge in [-0.3, -0.25) is 0 Å². The van der Waals surface area contributed by atoms with Crippen molar-refractivity contribution in [3.8, 4) is 11.1 Å². The molecule has 0 bridgehead atoms. The first-order valence-electron chi connectivity index (χ1n) is 21.9. The molecule has 61 heavy (non-hydrogen) atoms. The van der Waals surface area contributed by atoms with E-state index in [2.05, 4.69) is 212 Å². The van der Waals surface area contributed by atoms with Crippen LogP contribution in [-0.4, -0.2) is 6.04 Å². The van der Waals surface area contributed by atoms with Gasteiger partial charge >= 0.3 is 0 Å². The van der Waals surface area contributed by atoms with Crippen LogP contribution < -0.4 is 4.90 Å². The zero-order valence-electron chi connectivity index (χ0n) is 34.2. The summed E-state index contributed by atoms with van der Waals surface area (Å²) in [6.45, 7) is 2.30. The Kier molecular flexibility index (Phi) is 7.46. The van der Waals surface area contributed by atoms with E-state index in [-0.39, 0.29) is 11.5 Å². The number of allylic oxidation sites excluding steroid dienone is 6. The molecule has 0 saturated carbocycles. The van der Waals surface area contributed by atoms with Crippen molar-refractivity contribution in [2.45, 2.75) is 37.6 Å². The first kappa shape index (κ1) is 34.6. The molecule has 1 heteroatoms. The van der Waals surface area contributed by atoms with Crippen molar-refractivity contribution in [3.05, 3.63) is 239 Å². The van der Waals surface area contributed by atoms with E-state index in [1.807, 2.05) is 0 Å². The van der Waals surface area contributed by atoms with Crippen LogP contribution in [0.5, 0.6) is 0 Å². The molecule has 288 valence electrons. The number of nitrogens with zero attached hydrogens (tertiary/aromatic N) is 1. The highest BCUT2D eigenvalue weighted by molar-refractivity contribution is 6.25. The number of rotatable bonds is 4. The molecule has 4 aliphatic carbocycles. The molecule has 1 nitrogen and oxygen atoms in total. The van der Waals surface area contributed by atoms with Crippen molar-refractivity contribution >= 4 is 65.6 Å². The predicted molar refractivity (Wildman–Crippen MR) is 259 cm³/mol. The lowest BCUT2D eigenvalue weighted by Gasteiger charge is -2.36. The second-order valence-electron chi connectivity index (χ2n) is 17.5. The Balaban J connectivity index is 1.04. The van der Waals surface area contributed by atoms with Gasteiger partial charge in [0.25, 0.3) is 0 Å². The van der Waals surface area contributed by atoms with Crippen LogP contribution >= 0.6 is 0 Å². The quantitative estimate of drug-likeness (QED) is 0.161. The molecule has 9 aromatic carbocycles. The molecular weight excluding hydrogens is 735 g/mol. The third-order valence-electron chi connectivity index (χ3n) is 14.4. The molecule has 0 amide bonds. The van der Waals surface area contributed by atoms with Crippen LogP contribution in [0.2, 0.25) is 0 Å². The minimum Gasteiger partial charge on any atom is -0.334 e. The van der Waals surface area contributed by atoms with E-state index in [9.17, 15) is 0 Å². The van der Waals surface area contributed by atoms with Gasteiger partial charge in [-0.05, 0) is 149 Å². The summed E-state index contributed by atoms with van der Waals surface area (Å²) in [6.07, 6.45) is 12.8. The minimum atomic E-state index is -0.334. The zero-order valence-corrected chi connectivity index (χ0v) is 34.2. The van der Waals surface area contributed by atoms with Gasteiger partial charge in [-0.2, -0.15) is 0 Å². The molecule has 0 aliphatic heterocycles. The smallest absolute Gasteiger partial charge is 0.0689 e. The SMILES string of the molecule is CC1=CC2=C(CC1)C1(c3ccccc32)c2ccccc2-c2ccc(N(c3ccc4c5ccccc5c5ccccc5c4c3)C3C=CC(c4cccc5ccccc45)=CC3)cc21. The van der Waals surface area contributed by atoms with Crippen LogP contribution in [0.4, 0.5) is 11.4 Å². The lowest BCUT2D eigenvalue weighted by Crippen LogP contribution is -2.31. The van der Waals surface area contributed by atoms with E-state index >= 15 is 0 Å². The van der Waals surface area contributed by atoms with Crippen molar-refractivity contribution in [2.24, 2.45) is 0 Å². The third-order valence-corrected chi connectivity index (χ3v) is 14.4. The summed E-state index contributed by atoms with van der Waals surface area (Å²) in [7, 11) is 0. The molecule has 4 aliphatic rings. The van der Waals surface area contributed by atoms with Gasteiger partial charge in [0, 0.05) is 11.4 Å². The number of hydrogen-bond acceptors (Lipinski definition) is 1. The highest BCUT2D eigenvalue weighted by Crippen LogP contribution is 2.64. The van der Waals surface area contributed by atoms with Gasteiger partial charge in [0.1, 0.15) is 0 Å². The molecule has 2 atom stereocenters. The summed E-state index contributed by atoms with van der Waals surface area (Å²) in [5.74, 6) is 0. The van der Waals surface area contributed by atoms with Crippen molar-refractivity contribution < 1.29 is 0 Å². The van der Waals surface area contributed by atoms with E-state index in [4.69, 9.17) is 0 Å². The van der Waals surface area contributed by atoms with Gasteiger partial charge in [-0.25, -0.2) is 0 Å². The monoisotopic (exact) mass is 777 g/mol. The molecule has 9 aromatic rings. The van der Waals surface area contributed by atoms with Crippen molar-refractivity contribution in [3.63, 3.8) is 0 Å². The Bertz CT molecular complexity index is 3440. The van der Waals surface area contributed by atoms with Gasteiger partial charge in [0.2, 0.25) is 0 Å². The molecule has 13 rings (SSSR count). The summed E-state index contributed by atoms with van der Waals surface area (Å²) in [5.41, 5.74) is 17.5. The molecular formula is C60H43N. The molecule has 0 aromatic heterocycles. The van der Waals surface area contributed by atoms with E-state index in [1.165, 1.54) is 110 Å². The Morgan fingerprint density at radius 2 is 1.05 bits per heavy atom. The maximum absolute atomic E-state index is 2.63. The van der Waals surface area contributed by atoms with Crippen LogP contribution in [0.25, 0.3) is 65.4 Å². The average Bonchev–Trinajstić information content (AvgIpc) is 3.78. The van der Waals surface area contributed by atoms with Gasteiger partial charge in [-0.1, -0.05) is 182 Å². The zero-order chi connectivity index (χ0) is 40.2. The standard InChI is InChI=1S/C60H43N/c1-38-25-34-58-55(35-38)52-21-9-11-24-57(52)60(58)56-23-10-8-20-51(56)53-33-31-43(37-59(53)60)61(41-28-26-40(27-29-41)45-22-12-14-39-13-2-3-15-44(39)45)42-30-32-50-48-18-5-4-16-46(48)47-17-6-7-19-49(47)54(50)36-42/h2-24,26-28,30-33,35-37,41H,25,29,34H2,1H3. The summed E-state index contributed by atoms with van der Waals surface area (Å²) >= 11 is 0. The number of hydrogen-bond donors (Lipinski definition) is 0. The fourth-order valence-corrected chi connectivity index (χ4v) is 11.8. The summed E-state index contributed by atoms with van der Waals surface area (Å²) in [6, 6.07) is 66.5. The second kappa shape index (κ2) is 13.1. The maximum atomic E-state index is 2.63. The normalized spacial score (nSPS) is 18.7. The minimum absolute atomic E-state index is 0.103. The Morgan fingerprint density at radius 1 is 0.475 bits per heavy atom. The lowest BCUT2D eigenvalue weighted by molar-refractivity contribution is 0.704. The molecule has 2 unspecified atom stereocenters. The summed E-state index contributed by atoms with van der Waals surface area (Å²) < 4.78 is 0. The number of fused-ring (bicyclic) bond motifs is 16. The molecule has 1 spiro atoms. The largest absolute Gasteiger partial charge is 0.334 e. The van der Waals surface area contributed by atoms with Crippen molar-refractivity contribution in [1.82, 2.24) is 0 Å². The predicted octanol–water partition coefficient (Wildman–Crippen LogP) is 15.7. The summed E-state index contributed by atoms with van der Waals surface area (Å²) in [5, 5.41) is 10.3. The Morgan fingerprint density at radius 3 is 1.80 bits per heavy atom. The van der Waals surface area contributed by atoms with Gasteiger partial charge in [0.15, 0.2) is 0 Å². The third kappa shape index (κ3) is 4.89. The topological polar surface area (TPSA) is 3.24 Å². The van der Waals surface area contributed by atoms with Gasteiger partial charge < -0.3 is 4.90 Å². The number of anilines is 2. The fourth-order valence-electron chi connectivity index (χ4n) is 11.8. The van der Waals surface area contributed by atoms with E-state index in [1.54, 1.807) is 5.57 Å². The molecule has 0 N–H and O–H groups in total. The molecule has 0 fully saturated rings. The highest BCUT2D eigenvalue weighted by atomic mass is 15.2. The summed E-state index contributed by atoms with van der Waals surface area (Å²) in [4.78, 5) is 2.63. The van der Waals surface area contributed by atoms with Crippen LogP contribution in [0.15, 0.2) is 211 Å². The van der Waals surface area contributed by atoms with Gasteiger partial charge in [0.05, 0.1) is 11.5 Å². The van der Waals surface area contributed by atoms with E-state index in [0.717, 1.165) is 19.3 Å². The average molecular weight is 778 g/mol. The lowest BCUT2D eigenvalue weighted by atomic mass is 9.68. The first-order chi connectivity index (χ1) is 30.2. The molecule has 0 heterocycles. The highest BCUT2D eigenvalue weighted by Gasteiger charge is 2.53. The second-order valence-corrected chi connectivity index (χ2v) is 17.5. The van der Waals surface area contributed by atoms with Crippen LogP contribution in [0, 0.1) is 0 Å². The Hall–Kier alpha value is -7.22. The number of benzene rings is 9. The van der Waals surface area contributed by atoms with Gasteiger partial charge in [-0.15, -0.1) is 0 Å². The Labute approximate surface area is 356 Å². The first-order valence-corrected chi connectivity index (χ1v) is 21.9. The van der Waals surface area contributed by atoms with E-state index < -0.39 is 0 Å². The van der Waals surface area contributed by atoms with Crippen molar-refractivity contribution in [2.75, 3.05) is 4.90 Å².